The van der Waals surface area contributed by atoms with Gasteiger partial charge in [-0.1, -0.05) is 0 Å². The van der Waals surface area contributed by atoms with E-state index in [0.717, 1.165) is 37.5 Å². The van der Waals surface area contributed by atoms with Crippen molar-refractivity contribution in [2.24, 2.45) is 29.6 Å². The van der Waals surface area contributed by atoms with E-state index in [0.29, 0.717) is 23.3 Å². The second-order valence-corrected chi connectivity index (χ2v) is 9.63. The van der Waals surface area contributed by atoms with Gasteiger partial charge in [0.25, 0.3) is 10.0 Å². The lowest BCUT2D eigenvalue weighted by molar-refractivity contribution is -0.136. The minimum Gasteiger partial charge on any atom is -0.493 e. The highest BCUT2D eigenvalue weighted by Gasteiger charge is 2.51. The summed E-state index contributed by atoms with van der Waals surface area (Å²) < 4.78 is 38.1. The minimum absolute atomic E-state index is 0.00677. The van der Waals surface area contributed by atoms with Crippen LogP contribution in [-0.2, 0) is 14.8 Å². The van der Waals surface area contributed by atoms with Gasteiger partial charge < -0.3 is 9.47 Å². The summed E-state index contributed by atoms with van der Waals surface area (Å²) in [5, 5.41) is 0. The van der Waals surface area contributed by atoms with Crippen LogP contribution in [0.1, 0.15) is 32.1 Å². The van der Waals surface area contributed by atoms with Crippen molar-refractivity contribution in [3.05, 3.63) is 18.2 Å². The Morgan fingerprint density at radius 3 is 2.08 bits per heavy atom. The zero-order valence-corrected chi connectivity index (χ0v) is 15.9. The predicted molar refractivity (Wildman–Crippen MR) is 95.4 cm³/mol. The highest BCUT2D eigenvalue weighted by Crippen LogP contribution is 2.56. The van der Waals surface area contributed by atoms with Crippen molar-refractivity contribution in [3.63, 3.8) is 0 Å². The van der Waals surface area contributed by atoms with Crippen LogP contribution in [0.5, 0.6) is 11.5 Å². The first-order valence-corrected chi connectivity index (χ1v) is 10.7. The summed E-state index contributed by atoms with van der Waals surface area (Å²) in [5.74, 6) is 2.41. The maximum absolute atomic E-state index is 12.9. The molecule has 0 atom stereocenters. The Labute approximate surface area is 154 Å². The zero-order chi connectivity index (χ0) is 18.5. The lowest BCUT2D eigenvalue weighted by Crippen LogP contribution is -2.51. The summed E-state index contributed by atoms with van der Waals surface area (Å²) in [4.78, 5) is 12.9. The van der Waals surface area contributed by atoms with Crippen molar-refractivity contribution in [1.82, 2.24) is 4.72 Å². The molecule has 0 radical (unpaired) electrons. The molecule has 0 heterocycles. The Morgan fingerprint density at radius 2 is 1.54 bits per heavy atom. The average Bonchev–Trinajstić information content (AvgIpc) is 2.59. The number of amides is 1. The first-order valence-electron chi connectivity index (χ1n) is 9.20. The second-order valence-electron chi connectivity index (χ2n) is 7.94. The highest BCUT2D eigenvalue weighted by atomic mass is 32.2. The molecule has 5 rings (SSSR count). The van der Waals surface area contributed by atoms with Crippen molar-refractivity contribution < 1.29 is 22.7 Å². The molecule has 0 spiro atoms. The molecule has 4 bridgehead atoms. The topological polar surface area (TPSA) is 81.7 Å². The first kappa shape index (κ1) is 17.6. The first-order chi connectivity index (χ1) is 12.4. The van der Waals surface area contributed by atoms with Gasteiger partial charge in [0.1, 0.15) is 0 Å². The van der Waals surface area contributed by atoms with E-state index in [9.17, 15) is 13.2 Å². The van der Waals surface area contributed by atoms with Crippen LogP contribution in [0.4, 0.5) is 0 Å². The van der Waals surface area contributed by atoms with Gasteiger partial charge in [0.15, 0.2) is 11.5 Å². The highest BCUT2D eigenvalue weighted by molar-refractivity contribution is 7.90. The number of hydrogen-bond donors (Lipinski definition) is 1. The molecule has 142 valence electrons. The quantitative estimate of drug-likeness (QED) is 0.850. The maximum Gasteiger partial charge on any atom is 0.264 e. The third-order valence-corrected chi connectivity index (χ3v) is 7.77. The number of carbonyl (C=O) groups excluding carboxylic acids is 1. The fraction of sp³-hybridized carbons (Fsp3) is 0.632. The zero-order valence-electron chi connectivity index (χ0n) is 15.1. The summed E-state index contributed by atoms with van der Waals surface area (Å²) in [6, 6.07) is 4.33. The fourth-order valence-electron chi connectivity index (χ4n) is 5.60. The number of benzene rings is 1. The summed E-state index contributed by atoms with van der Waals surface area (Å²) in [7, 11) is -1.00. The van der Waals surface area contributed by atoms with E-state index >= 15 is 0 Å². The van der Waals surface area contributed by atoms with Crippen LogP contribution in [0.2, 0.25) is 0 Å². The molecule has 0 aromatic heterocycles. The number of methoxy groups -OCH3 is 2. The number of nitrogens with one attached hydrogen (secondary N) is 1. The lowest BCUT2D eigenvalue weighted by atomic mass is 9.52. The molecule has 4 saturated carbocycles. The van der Waals surface area contributed by atoms with Crippen molar-refractivity contribution in [3.8, 4) is 11.5 Å². The van der Waals surface area contributed by atoms with Crippen LogP contribution in [0, 0.1) is 29.6 Å². The molecule has 0 saturated heterocycles. The van der Waals surface area contributed by atoms with Crippen LogP contribution in [0.25, 0.3) is 0 Å². The Morgan fingerprint density at radius 1 is 0.962 bits per heavy atom. The molecule has 0 unspecified atom stereocenters. The third-order valence-electron chi connectivity index (χ3n) is 6.43. The fourth-order valence-corrected chi connectivity index (χ4v) is 6.62. The van der Waals surface area contributed by atoms with Crippen LogP contribution in [0.15, 0.2) is 23.1 Å². The Bertz CT molecular complexity index is 791. The summed E-state index contributed by atoms with van der Waals surface area (Å²) in [5.41, 5.74) is 0. The van der Waals surface area contributed by atoms with E-state index in [1.165, 1.54) is 38.8 Å². The molecule has 1 aromatic carbocycles. The maximum atomic E-state index is 12.9. The van der Waals surface area contributed by atoms with Crippen molar-refractivity contribution in [1.29, 1.82) is 0 Å². The lowest BCUT2D eigenvalue weighted by Gasteiger charge is -2.53. The summed E-state index contributed by atoms with van der Waals surface area (Å²) in [6.45, 7) is 0. The number of rotatable bonds is 5. The number of carbonyl (C=O) groups is 1. The Hall–Kier alpha value is -1.76. The van der Waals surface area contributed by atoms with Crippen molar-refractivity contribution >= 4 is 15.9 Å². The van der Waals surface area contributed by atoms with E-state index in [1.807, 2.05) is 0 Å². The molecule has 0 aliphatic heterocycles. The third kappa shape index (κ3) is 2.96. The van der Waals surface area contributed by atoms with Crippen molar-refractivity contribution in [2.75, 3.05) is 14.2 Å². The van der Waals surface area contributed by atoms with E-state index in [1.54, 1.807) is 0 Å². The van der Waals surface area contributed by atoms with Gasteiger partial charge in [0, 0.05) is 12.0 Å². The number of sulfonamides is 1. The molecule has 1 N–H and O–H groups in total. The SMILES string of the molecule is COc1ccc(S(=O)(=O)NC(=O)C2C3CC4CC(C3)CC2C4)cc1OC. The number of ether oxygens (including phenoxy) is 2. The molecule has 26 heavy (non-hydrogen) atoms. The van der Waals surface area contributed by atoms with Gasteiger partial charge in [-0.3, -0.25) is 4.79 Å². The van der Waals surface area contributed by atoms with E-state index in [4.69, 9.17) is 9.47 Å². The largest absolute Gasteiger partial charge is 0.493 e. The van der Waals surface area contributed by atoms with Crippen LogP contribution < -0.4 is 14.2 Å². The molecule has 4 aliphatic carbocycles. The van der Waals surface area contributed by atoms with Gasteiger partial charge in [-0.2, -0.15) is 0 Å². The van der Waals surface area contributed by atoms with E-state index in [-0.39, 0.29) is 16.7 Å². The van der Waals surface area contributed by atoms with Gasteiger partial charge >= 0.3 is 0 Å². The summed E-state index contributed by atoms with van der Waals surface area (Å²) >= 11 is 0. The Balaban J connectivity index is 1.54. The molecule has 1 aromatic rings. The molecule has 4 aliphatic rings. The molecular weight excluding hydrogens is 354 g/mol. The van der Waals surface area contributed by atoms with Gasteiger partial charge in [-0.25, -0.2) is 13.1 Å². The normalized spacial score (nSPS) is 32.3. The predicted octanol–water partition coefficient (Wildman–Crippen LogP) is 2.58. The van der Waals surface area contributed by atoms with Crippen LogP contribution >= 0.6 is 0 Å². The van der Waals surface area contributed by atoms with Gasteiger partial charge in [-0.05, 0) is 67.9 Å². The monoisotopic (exact) mass is 379 g/mol. The number of hydrogen-bond acceptors (Lipinski definition) is 5. The van der Waals surface area contributed by atoms with Crippen LogP contribution in [0.3, 0.4) is 0 Å². The average molecular weight is 379 g/mol. The second kappa shape index (κ2) is 6.44. The smallest absolute Gasteiger partial charge is 0.264 e. The summed E-state index contributed by atoms with van der Waals surface area (Å²) in [6.07, 6.45) is 5.58. The Kier molecular flexibility index (Phi) is 4.37. The molecular formula is C19H25NO5S. The minimum atomic E-state index is -3.93. The van der Waals surface area contributed by atoms with Gasteiger partial charge in [0.05, 0.1) is 19.1 Å². The van der Waals surface area contributed by atoms with Crippen molar-refractivity contribution in [2.45, 2.75) is 37.0 Å². The van der Waals surface area contributed by atoms with E-state index < -0.39 is 10.0 Å². The molecule has 1 amide bonds. The molecule has 7 heteroatoms. The molecule has 4 fully saturated rings. The van der Waals surface area contributed by atoms with E-state index in [2.05, 4.69) is 4.72 Å². The molecule has 6 nitrogen and oxygen atoms in total. The standard InChI is InChI=1S/C19H25NO5S/c1-24-16-4-3-15(10-17(16)25-2)26(22,23)20-19(21)18-13-6-11-5-12(8-13)9-14(18)7-11/h3-4,10-14,18H,5-9H2,1-2H3,(H,20,21). The van der Waals surface area contributed by atoms with Gasteiger partial charge in [0.2, 0.25) is 5.91 Å². The van der Waals surface area contributed by atoms with Gasteiger partial charge in [-0.15, -0.1) is 0 Å². The van der Waals surface area contributed by atoms with Crippen LogP contribution in [-0.4, -0.2) is 28.5 Å².